The number of para-hydroxylation sites is 1. The van der Waals surface area contributed by atoms with Gasteiger partial charge in [0.15, 0.2) is 11.6 Å². The second-order valence-electron chi connectivity index (χ2n) is 8.51. The van der Waals surface area contributed by atoms with Gasteiger partial charge in [-0.3, -0.25) is 9.69 Å². The van der Waals surface area contributed by atoms with Crippen LogP contribution in [0.1, 0.15) is 30.4 Å². The molecule has 0 radical (unpaired) electrons. The second kappa shape index (κ2) is 9.92. The summed E-state index contributed by atoms with van der Waals surface area (Å²) in [5, 5.41) is 0. The molecule has 4 rings (SSSR count). The van der Waals surface area contributed by atoms with Crippen molar-refractivity contribution in [1.29, 1.82) is 0 Å². The number of piperidine rings is 1. The third-order valence-electron chi connectivity index (χ3n) is 6.37. The highest BCUT2D eigenvalue weighted by Gasteiger charge is 2.35. The van der Waals surface area contributed by atoms with Gasteiger partial charge in [-0.2, -0.15) is 0 Å². The molecule has 0 saturated carbocycles. The van der Waals surface area contributed by atoms with E-state index in [2.05, 4.69) is 34.1 Å². The number of benzene rings is 2. The standard InChI is InChI=1S/C26H29FN2O2/c27-23-10-4-5-11-24(23)31-20-26(13-12-21-7-2-1-3-8-21)14-17-29(18-15-26)19-22-9-6-16-28-25(22)30/h1-11,16H,12-15,17-20H2,(H,28,30). The Balaban J connectivity index is 1.43. The molecular weight excluding hydrogens is 391 g/mol. The van der Waals surface area contributed by atoms with Crippen molar-refractivity contribution in [1.82, 2.24) is 9.88 Å². The van der Waals surface area contributed by atoms with E-state index in [1.54, 1.807) is 24.4 Å². The zero-order valence-corrected chi connectivity index (χ0v) is 17.7. The van der Waals surface area contributed by atoms with Crippen LogP contribution in [0.4, 0.5) is 4.39 Å². The smallest absolute Gasteiger partial charge is 0.252 e. The van der Waals surface area contributed by atoms with Crippen LogP contribution in [-0.2, 0) is 13.0 Å². The van der Waals surface area contributed by atoms with Gasteiger partial charge >= 0.3 is 0 Å². The van der Waals surface area contributed by atoms with Crippen molar-refractivity contribution in [2.45, 2.75) is 32.2 Å². The number of aromatic amines is 1. The van der Waals surface area contributed by atoms with Gasteiger partial charge in [0.1, 0.15) is 0 Å². The summed E-state index contributed by atoms with van der Waals surface area (Å²) in [6.07, 6.45) is 5.54. The third-order valence-corrected chi connectivity index (χ3v) is 6.37. The number of H-pyrrole nitrogens is 1. The zero-order chi connectivity index (χ0) is 21.5. The number of rotatable bonds is 8. The molecule has 1 N–H and O–H groups in total. The summed E-state index contributed by atoms with van der Waals surface area (Å²) >= 11 is 0. The monoisotopic (exact) mass is 420 g/mol. The molecule has 4 nitrogen and oxygen atoms in total. The lowest BCUT2D eigenvalue weighted by Crippen LogP contribution is -2.43. The normalized spacial score (nSPS) is 16.2. The predicted molar refractivity (Wildman–Crippen MR) is 121 cm³/mol. The Labute approximate surface area is 182 Å². The molecule has 0 amide bonds. The van der Waals surface area contributed by atoms with Crippen molar-refractivity contribution in [3.63, 3.8) is 0 Å². The summed E-state index contributed by atoms with van der Waals surface area (Å²) in [6.45, 7) is 2.94. The van der Waals surface area contributed by atoms with Gasteiger partial charge in [0.05, 0.1) is 6.61 Å². The van der Waals surface area contributed by atoms with Gasteiger partial charge in [-0.05, 0) is 62.5 Å². The predicted octanol–water partition coefficient (Wildman–Crippen LogP) is 4.81. The minimum absolute atomic E-state index is 0.0161. The van der Waals surface area contributed by atoms with Crippen molar-refractivity contribution < 1.29 is 9.13 Å². The van der Waals surface area contributed by atoms with Crippen LogP contribution in [0.2, 0.25) is 0 Å². The van der Waals surface area contributed by atoms with Gasteiger partial charge in [-0.25, -0.2) is 4.39 Å². The molecule has 5 heteroatoms. The Bertz CT molecular complexity index is 1030. The van der Waals surface area contributed by atoms with E-state index < -0.39 is 0 Å². The molecule has 1 saturated heterocycles. The fraction of sp³-hybridized carbons (Fsp3) is 0.346. The summed E-state index contributed by atoms with van der Waals surface area (Å²) in [7, 11) is 0. The molecule has 162 valence electrons. The van der Waals surface area contributed by atoms with Crippen molar-refractivity contribution in [2.24, 2.45) is 5.41 Å². The SMILES string of the molecule is O=c1[nH]cccc1CN1CCC(CCc2ccccc2)(COc2ccccc2F)CC1. The molecule has 1 aliphatic rings. The maximum atomic E-state index is 14.1. The molecule has 1 aliphatic heterocycles. The number of halogens is 1. The first-order valence-electron chi connectivity index (χ1n) is 10.9. The lowest BCUT2D eigenvalue weighted by molar-refractivity contribution is 0.0428. The summed E-state index contributed by atoms with van der Waals surface area (Å²) < 4.78 is 20.1. The fourth-order valence-electron chi connectivity index (χ4n) is 4.32. The van der Waals surface area contributed by atoms with E-state index in [1.165, 1.54) is 11.6 Å². The number of aromatic nitrogens is 1. The molecule has 2 heterocycles. The number of hydrogen-bond donors (Lipinski definition) is 1. The average Bonchev–Trinajstić information content (AvgIpc) is 2.81. The summed E-state index contributed by atoms with van der Waals surface area (Å²) in [5.74, 6) is 0.00119. The van der Waals surface area contributed by atoms with E-state index >= 15 is 0 Å². The topological polar surface area (TPSA) is 45.3 Å². The van der Waals surface area contributed by atoms with Crippen LogP contribution in [0.15, 0.2) is 77.7 Å². The van der Waals surface area contributed by atoms with E-state index in [0.717, 1.165) is 44.3 Å². The fourth-order valence-corrected chi connectivity index (χ4v) is 4.32. The number of ether oxygens (including phenoxy) is 1. The first kappa shape index (κ1) is 21.3. The van der Waals surface area contributed by atoms with Gasteiger partial charge in [-0.15, -0.1) is 0 Å². The van der Waals surface area contributed by atoms with Crippen LogP contribution in [0, 0.1) is 11.2 Å². The maximum absolute atomic E-state index is 14.1. The van der Waals surface area contributed by atoms with Crippen LogP contribution >= 0.6 is 0 Å². The van der Waals surface area contributed by atoms with Gasteiger partial charge < -0.3 is 9.72 Å². The quantitative estimate of drug-likeness (QED) is 0.569. The van der Waals surface area contributed by atoms with E-state index in [9.17, 15) is 9.18 Å². The van der Waals surface area contributed by atoms with Gasteiger partial charge in [0, 0.05) is 23.7 Å². The van der Waals surface area contributed by atoms with E-state index in [1.807, 2.05) is 18.2 Å². The van der Waals surface area contributed by atoms with Crippen molar-refractivity contribution >= 4 is 0 Å². The molecule has 31 heavy (non-hydrogen) atoms. The molecule has 0 bridgehead atoms. The van der Waals surface area contributed by atoms with E-state index in [0.29, 0.717) is 18.9 Å². The Hall–Kier alpha value is -2.92. The maximum Gasteiger partial charge on any atom is 0.252 e. The molecule has 0 unspecified atom stereocenters. The molecule has 2 aromatic carbocycles. The number of likely N-dealkylation sites (tertiary alicyclic amines) is 1. The zero-order valence-electron chi connectivity index (χ0n) is 17.7. The molecule has 0 atom stereocenters. The van der Waals surface area contributed by atoms with Crippen LogP contribution in [0.5, 0.6) is 5.75 Å². The van der Waals surface area contributed by atoms with Crippen LogP contribution < -0.4 is 10.3 Å². The number of nitrogens with one attached hydrogen (secondary N) is 1. The summed E-state index contributed by atoms with van der Waals surface area (Å²) in [4.78, 5) is 17.1. The second-order valence-corrected chi connectivity index (χ2v) is 8.51. The largest absolute Gasteiger partial charge is 0.490 e. The first-order chi connectivity index (χ1) is 15.1. The van der Waals surface area contributed by atoms with Crippen molar-refractivity contribution in [2.75, 3.05) is 19.7 Å². The van der Waals surface area contributed by atoms with Crippen LogP contribution in [0.3, 0.4) is 0 Å². The Morgan fingerprint density at radius 3 is 2.45 bits per heavy atom. The summed E-state index contributed by atoms with van der Waals surface area (Å²) in [6, 6.07) is 20.8. The number of aryl methyl sites for hydroxylation is 1. The lowest BCUT2D eigenvalue weighted by Gasteiger charge is -2.42. The highest BCUT2D eigenvalue weighted by molar-refractivity contribution is 5.24. The average molecular weight is 421 g/mol. The molecule has 3 aromatic rings. The molecule has 0 aliphatic carbocycles. The number of hydrogen-bond acceptors (Lipinski definition) is 3. The third kappa shape index (κ3) is 5.61. The first-order valence-corrected chi connectivity index (χ1v) is 10.9. The highest BCUT2D eigenvalue weighted by Crippen LogP contribution is 2.37. The Morgan fingerprint density at radius 1 is 0.968 bits per heavy atom. The number of pyridine rings is 1. The van der Waals surface area contributed by atoms with Gasteiger partial charge in [-0.1, -0.05) is 48.5 Å². The highest BCUT2D eigenvalue weighted by atomic mass is 19.1. The Morgan fingerprint density at radius 2 is 1.71 bits per heavy atom. The molecule has 1 aromatic heterocycles. The van der Waals surface area contributed by atoms with Crippen LogP contribution in [-0.4, -0.2) is 29.6 Å². The number of nitrogens with zero attached hydrogens (tertiary/aromatic N) is 1. The van der Waals surface area contributed by atoms with Gasteiger partial charge in [0.25, 0.3) is 5.56 Å². The van der Waals surface area contributed by atoms with Crippen LogP contribution in [0.25, 0.3) is 0 Å². The van der Waals surface area contributed by atoms with Gasteiger partial charge in [0.2, 0.25) is 0 Å². The molecule has 0 spiro atoms. The summed E-state index contributed by atoms with van der Waals surface area (Å²) in [5.41, 5.74) is 2.07. The minimum atomic E-state index is -0.318. The van der Waals surface area contributed by atoms with E-state index in [-0.39, 0.29) is 16.8 Å². The van der Waals surface area contributed by atoms with Crippen molar-refractivity contribution in [3.8, 4) is 5.75 Å². The van der Waals surface area contributed by atoms with E-state index in [4.69, 9.17) is 4.74 Å². The molecule has 1 fully saturated rings. The lowest BCUT2D eigenvalue weighted by atomic mass is 9.74. The molecular formula is C26H29FN2O2. The minimum Gasteiger partial charge on any atom is -0.490 e. The Kier molecular flexibility index (Phi) is 6.82. The van der Waals surface area contributed by atoms with Crippen molar-refractivity contribution in [3.05, 3.63) is 100 Å².